The van der Waals surface area contributed by atoms with E-state index in [1.54, 1.807) is 12.3 Å². The summed E-state index contributed by atoms with van der Waals surface area (Å²) in [5.74, 6) is 0.265. The van der Waals surface area contributed by atoms with Gasteiger partial charge in [0.15, 0.2) is 0 Å². The Kier molecular flexibility index (Phi) is 9.11. The molecule has 0 saturated heterocycles. The van der Waals surface area contributed by atoms with Gasteiger partial charge in [0.05, 0.1) is 16.4 Å². The minimum absolute atomic E-state index is 0. The minimum Gasteiger partial charge on any atom is -0.507 e. The van der Waals surface area contributed by atoms with Gasteiger partial charge in [-0.05, 0) is 64.9 Å². The van der Waals surface area contributed by atoms with Gasteiger partial charge in [0.1, 0.15) is 11.3 Å². The number of hydrogen-bond acceptors (Lipinski definition) is 4. The Morgan fingerprint density at radius 3 is 2.20 bits per heavy atom. The first-order valence-corrected chi connectivity index (χ1v) is 17.2. The molecule has 9 aromatic rings. The van der Waals surface area contributed by atoms with Crippen LogP contribution in [0.5, 0.6) is 5.75 Å². The summed E-state index contributed by atoms with van der Waals surface area (Å²) in [6, 6.07) is 49.0. The first-order chi connectivity index (χ1) is 23.9. The number of thiophene rings is 1. The molecule has 0 unspecified atom stereocenters. The molecule has 247 valence electrons. The number of aromatic hydroxyl groups is 1. The zero-order valence-corrected chi connectivity index (χ0v) is 31.1. The SMILES string of the molecule is CC(C)(C)c1cc(-c2nccc3cc(-c4ccccc4)sc23)[c-]c2ccccc12.Oc1cccc2c1c1ncccc1n2-c1ccccc1.[Ir]. The molecule has 0 aliphatic rings. The predicted octanol–water partition coefficient (Wildman–Crippen LogP) is 11.8. The van der Waals surface area contributed by atoms with Gasteiger partial charge in [0.2, 0.25) is 0 Å². The third-order valence-corrected chi connectivity index (χ3v) is 10.1. The molecule has 1 N–H and O–H groups in total. The third-order valence-electron chi connectivity index (χ3n) is 8.87. The average molecular weight is 845 g/mol. The number of phenols is 1. The van der Waals surface area contributed by atoms with Crippen LogP contribution in [-0.4, -0.2) is 19.6 Å². The minimum atomic E-state index is 0. The zero-order chi connectivity index (χ0) is 33.5. The van der Waals surface area contributed by atoms with Crippen molar-refractivity contribution in [3.63, 3.8) is 0 Å². The van der Waals surface area contributed by atoms with Crippen molar-refractivity contribution in [2.24, 2.45) is 0 Å². The van der Waals surface area contributed by atoms with Gasteiger partial charge in [-0.1, -0.05) is 105 Å². The van der Waals surface area contributed by atoms with Gasteiger partial charge in [-0.25, -0.2) is 0 Å². The predicted molar refractivity (Wildman–Crippen MR) is 206 cm³/mol. The summed E-state index contributed by atoms with van der Waals surface area (Å²) < 4.78 is 3.34. The first kappa shape index (κ1) is 33.4. The van der Waals surface area contributed by atoms with E-state index < -0.39 is 0 Å². The van der Waals surface area contributed by atoms with Gasteiger partial charge in [-0.3, -0.25) is 9.97 Å². The van der Waals surface area contributed by atoms with E-state index in [4.69, 9.17) is 4.98 Å². The van der Waals surface area contributed by atoms with Crippen molar-refractivity contribution in [1.29, 1.82) is 0 Å². The fourth-order valence-corrected chi connectivity index (χ4v) is 7.76. The summed E-state index contributed by atoms with van der Waals surface area (Å²) in [6.07, 6.45) is 3.67. The number of rotatable bonds is 3. The number of phenolic OH excluding ortho intramolecular Hbond substituents is 1. The molecule has 4 heterocycles. The fraction of sp³-hybridized carbons (Fsp3) is 0.0909. The monoisotopic (exact) mass is 845 g/mol. The summed E-state index contributed by atoms with van der Waals surface area (Å²) in [5.41, 5.74) is 8.56. The summed E-state index contributed by atoms with van der Waals surface area (Å²) in [6.45, 7) is 6.81. The number of fused-ring (bicyclic) bond motifs is 5. The van der Waals surface area contributed by atoms with Gasteiger partial charge in [-0.2, -0.15) is 0 Å². The van der Waals surface area contributed by atoms with Crippen LogP contribution in [0.3, 0.4) is 0 Å². The molecule has 0 fully saturated rings. The summed E-state index contributed by atoms with van der Waals surface area (Å²) in [5, 5.41) is 14.6. The van der Waals surface area contributed by atoms with Crippen molar-refractivity contribution in [2.75, 3.05) is 0 Å². The number of nitrogens with zero attached hydrogens (tertiary/aromatic N) is 3. The molecule has 0 spiro atoms. The third kappa shape index (κ3) is 6.11. The molecule has 0 aliphatic carbocycles. The van der Waals surface area contributed by atoms with Crippen molar-refractivity contribution in [3.05, 3.63) is 157 Å². The summed E-state index contributed by atoms with van der Waals surface area (Å²) in [4.78, 5) is 10.5. The standard InChI is InChI=1S/C27H22NS.C17H12N2O.Ir/c1-27(2,3)23-16-21(15-19-11-7-8-12-22(19)23)25-26-20(13-14-28-25)17-24(29-26)18-9-5-4-6-10-18;20-15-10-4-8-13-16(15)17-14(9-5-11-18-17)19(13)12-6-2-1-3-7-12;/h4-14,16-17H,1-3H3;1-11,20H;/q-1;;. The maximum Gasteiger partial charge on any atom is 0.127 e. The molecule has 4 nitrogen and oxygen atoms in total. The van der Waals surface area contributed by atoms with Crippen LogP contribution in [0, 0.1) is 6.07 Å². The Bertz CT molecular complexity index is 2600. The van der Waals surface area contributed by atoms with Crippen LogP contribution in [0.15, 0.2) is 146 Å². The molecule has 1 radical (unpaired) electrons. The van der Waals surface area contributed by atoms with E-state index in [0.717, 1.165) is 44.3 Å². The van der Waals surface area contributed by atoms with Gasteiger partial charge < -0.3 is 9.67 Å². The van der Waals surface area contributed by atoms with Crippen molar-refractivity contribution >= 4 is 54.1 Å². The van der Waals surface area contributed by atoms with Gasteiger partial charge in [-0.15, -0.1) is 40.5 Å². The smallest absolute Gasteiger partial charge is 0.127 e. The Balaban J connectivity index is 0.000000164. The Morgan fingerprint density at radius 1 is 0.700 bits per heavy atom. The largest absolute Gasteiger partial charge is 0.507 e. The molecule has 5 aromatic carbocycles. The average Bonchev–Trinajstić information content (AvgIpc) is 3.72. The molecule has 0 saturated carbocycles. The van der Waals surface area contributed by atoms with Gasteiger partial charge in [0.25, 0.3) is 0 Å². The summed E-state index contributed by atoms with van der Waals surface area (Å²) in [7, 11) is 0. The van der Waals surface area contributed by atoms with Crippen LogP contribution >= 0.6 is 11.3 Å². The number of hydrogen-bond donors (Lipinski definition) is 1. The van der Waals surface area contributed by atoms with Crippen LogP contribution in [-0.2, 0) is 25.5 Å². The number of pyridine rings is 2. The van der Waals surface area contributed by atoms with Gasteiger partial charge >= 0.3 is 0 Å². The molecular formula is C44H34IrN3OS-. The Labute approximate surface area is 309 Å². The van der Waals surface area contributed by atoms with Crippen LogP contribution in [0.2, 0.25) is 0 Å². The molecule has 0 bridgehead atoms. The van der Waals surface area contributed by atoms with Crippen LogP contribution in [0.1, 0.15) is 26.3 Å². The van der Waals surface area contributed by atoms with Crippen LogP contribution in [0.4, 0.5) is 0 Å². The Hall–Kier alpha value is -5.13. The number of para-hydroxylation sites is 1. The van der Waals surface area contributed by atoms with Crippen molar-refractivity contribution < 1.29 is 25.2 Å². The topological polar surface area (TPSA) is 50.9 Å². The normalized spacial score (nSPS) is 11.4. The first-order valence-electron chi connectivity index (χ1n) is 16.4. The second-order valence-corrected chi connectivity index (χ2v) is 14.2. The molecule has 0 amide bonds. The van der Waals surface area contributed by atoms with E-state index in [-0.39, 0.29) is 31.3 Å². The van der Waals surface area contributed by atoms with E-state index >= 15 is 0 Å². The van der Waals surface area contributed by atoms with E-state index in [2.05, 4.69) is 121 Å². The maximum absolute atomic E-state index is 10.2. The molecule has 9 rings (SSSR count). The van der Waals surface area contributed by atoms with E-state index in [1.165, 1.54) is 31.5 Å². The Morgan fingerprint density at radius 2 is 1.42 bits per heavy atom. The maximum atomic E-state index is 10.2. The number of aromatic nitrogens is 3. The second-order valence-electron chi connectivity index (χ2n) is 13.2. The second kappa shape index (κ2) is 13.6. The van der Waals surface area contributed by atoms with Crippen molar-refractivity contribution in [1.82, 2.24) is 14.5 Å². The molecule has 4 aromatic heterocycles. The van der Waals surface area contributed by atoms with Crippen molar-refractivity contribution in [3.8, 4) is 33.1 Å². The molecule has 6 heteroatoms. The van der Waals surface area contributed by atoms with E-state index in [9.17, 15) is 5.11 Å². The fourth-order valence-electron chi connectivity index (χ4n) is 6.59. The number of benzene rings is 5. The van der Waals surface area contributed by atoms with Crippen LogP contribution < -0.4 is 0 Å². The molecule has 50 heavy (non-hydrogen) atoms. The van der Waals surface area contributed by atoms with E-state index in [0.29, 0.717) is 0 Å². The van der Waals surface area contributed by atoms with Crippen molar-refractivity contribution in [2.45, 2.75) is 26.2 Å². The van der Waals surface area contributed by atoms with Gasteiger partial charge in [0, 0.05) is 53.5 Å². The summed E-state index contributed by atoms with van der Waals surface area (Å²) >= 11 is 1.81. The molecule has 0 atom stereocenters. The molecular weight excluding hydrogens is 811 g/mol. The van der Waals surface area contributed by atoms with Crippen LogP contribution in [0.25, 0.3) is 70.2 Å². The molecule has 0 aliphatic heterocycles. The quantitative estimate of drug-likeness (QED) is 0.180. The van der Waals surface area contributed by atoms with E-state index in [1.807, 2.05) is 60.0 Å². The zero-order valence-electron chi connectivity index (χ0n) is 27.9.